The first-order chi connectivity index (χ1) is 11.6. The van der Waals surface area contributed by atoms with E-state index in [1.165, 1.54) is 10.4 Å². The van der Waals surface area contributed by atoms with E-state index in [0.29, 0.717) is 12.5 Å². The maximum Gasteiger partial charge on any atom is 0.141 e. The summed E-state index contributed by atoms with van der Waals surface area (Å²) >= 11 is 1.70. The fourth-order valence-corrected chi connectivity index (χ4v) is 4.31. The van der Waals surface area contributed by atoms with Gasteiger partial charge >= 0.3 is 0 Å². The summed E-state index contributed by atoms with van der Waals surface area (Å²) in [7, 11) is 0. The Balaban J connectivity index is 1.79. The highest BCUT2D eigenvalue weighted by Gasteiger charge is 2.27. The molecule has 3 aromatic rings. The number of hydrogen-bond donors (Lipinski definition) is 1. The second kappa shape index (κ2) is 6.15. The average molecular weight is 339 g/mol. The van der Waals surface area contributed by atoms with Gasteiger partial charge in [-0.15, -0.1) is 11.3 Å². The van der Waals surface area contributed by atoms with Crippen molar-refractivity contribution in [1.29, 1.82) is 0 Å². The molecule has 24 heavy (non-hydrogen) atoms. The minimum atomic E-state index is -0.295. The molecular formula is C19H21N3OS. The van der Waals surface area contributed by atoms with Crippen LogP contribution in [0, 0.1) is 12.8 Å². The van der Waals surface area contributed by atoms with E-state index in [0.717, 1.165) is 34.8 Å². The van der Waals surface area contributed by atoms with E-state index < -0.39 is 0 Å². The summed E-state index contributed by atoms with van der Waals surface area (Å²) in [6, 6.07) is 12.6. The highest BCUT2D eigenvalue weighted by molar-refractivity contribution is 7.21. The Kier molecular flexibility index (Phi) is 3.98. The highest BCUT2D eigenvalue weighted by Crippen LogP contribution is 2.37. The van der Waals surface area contributed by atoms with Gasteiger partial charge in [-0.1, -0.05) is 37.3 Å². The second-order valence-corrected chi connectivity index (χ2v) is 7.60. The highest BCUT2D eigenvalue weighted by atomic mass is 32.1. The number of benzene rings is 1. The quantitative estimate of drug-likeness (QED) is 0.770. The molecule has 1 saturated heterocycles. The molecule has 0 saturated carbocycles. The maximum atomic E-state index is 10.3. The van der Waals surface area contributed by atoms with Crippen LogP contribution in [0.4, 0.5) is 5.82 Å². The zero-order valence-electron chi connectivity index (χ0n) is 13.9. The Morgan fingerprint density at radius 3 is 2.75 bits per heavy atom. The van der Waals surface area contributed by atoms with Gasteiger partial charge in [0.05, 0.1) is 11.5 Å². The number of aliphatic hydroxyl groups excluding tert-OH is 1. The van der Waals surface area contributed by atoms with E-state index in [4.69, 9.17) is 4.98 Å². The van der Waals surface area contributed by atoms with Gasteiger partial charge in [-0.05, 0) is 30.9 Å². The van der Waals surface area contributed by atoms with Crippen molar-refractivity contribution in [2.75, 3.05) is 18.0 Å². The van der Waals surface area contributed by atoms with E-state index in [9.17, 15) is 5.11 Å². The summed E-state index contributed by atoms with van der Waals surface area (Å²) in [5.41, 5.74) is 1.21. The lowest BCUT2D eigenvalue weighted by atomic mass is 9.96. The summed E-state index contributed by atoms with van der Waals surface area (Å²) in [5, 5.41) is 11.3. The van der Waals surface area contributed by atoms with E-state index >= 15 is 0 Å². The normalized spacial score (nSPS) is 21.4. The molecule has 0 amide bonds. The van der Waals surface area contributed by atoms with E-state index in [-0.39, 0.29) is 6.10 Å². The molecule has 2 atom stereocenters. The van der Waals surface area contributed by atoms with Gasteiger partial charge in [-0.25, -0.2) is 9.97 Å². The Hall–Kier alpha value is -1.98. The second-order valence-electron chi connectivity index (χ2n) is 6.57. The largest absolute Gasteiger partial charge is 0.391 e. The minimum Gasteiger partial charge on any atom is -0.391 e. The van der Waals surface area contributed by atoms with Crippen molar-refractivity contribution in [1.82, 2.24) is 9.97 Å². The van der Waals surface area contributed by atoms with Crippen molar-refractivity contribution in [3.63, 3.8) is 0 Å². The van der Waals surface area contributed by atoms with Crippen LogP contribution in [-0.4, -0.2) is 34.3 Å². The van der Waals surface area contributed by atoms with Crippen molar-refractivity contribution < 1.29 is 5.11 Å². The number of rotatable bonds is 2. The molecule has 5 heteroatoms. The molecule has 1 aliphatic rings. The first-order valence-corrected chi connectivity index (χ1v) is 9.20. The summed E-state index contributed by atoms with van der Waals surface area (Å²) in [5.74, 6) is 2.09. The fraction of sp³-hybridized carbons (Fsp3) is 0.368. The molecule has 1 aliphatic heterocycles. The lowest BCUT2D eigenvalue weighted by Crippen LogP contribution is -2.43. The number of anilines is 1. The van der Waals surface area contributed by atoms with Crippen LogP contribution in [0.2, 0.25) is 0 Å². The van der Waals surface area contributed by atoms with Crippen LogP contribution in [0.1, 0.15) is 19.2 Å². The van der Waals surface area contributed by atoms with Crippen LogP contribution < -0.4 is 4.90 Å². The van der Waals surface area contributed by atoms with Crippen molar-refractivity contribution in [2.45, 2.75) is 26.4 Å². The molecule has 0 radical (unpaired) electrons. The van der Waals surface area contributed by atoms with Gasteiger partial charge in [0.2, 0.25) is 0 Å². The number of β-amino-alcohol motifs (C(OH)–C–C–N with tert-alkyl or cyclic N) is 1. The Labute approximate surface area is 145 Å². The van der Waals surface area contributed by atoms with Crippen molar-refractivity contribution in [3.8, 4) is 10.4 Å². The van der Waals surface area contributed by atoms with Crippen LogP contribution in [0.15, 0.2) is 36.4 Å². The molecule has 1 aromatic carbocycles. The summed E-state index contributed by atoms with van der Waals surface area (Å²) < 4.78 is 0. The molecule has 1 N–H and O–H groups in total. The first kappa shape index (κ1) is 15.5. The lowest BCUT2D eigenvalue weighted by molar-refractivity contribution is 0.102. The summed E-state index contributed by atoms with van der Waals surface area (Å²) in [4.78, 5) is 13.8. The standard InChI is InChI=1S/C19H21N3OS/c1-12-8-9-22(11-16(12)23)18-15-10-17(14-6-4-3-5-7-14)24-19(15)21-13(2)20-18/h3-7,10,12,16,23H,8-9,11H2,1-2H3. The number of hydrogen-bond acceptors (Lipinski definition) is 5. The molecule has 2 aromatic heterocycles. The smallest absolute Gasteiger partial charge is 0.141 e. The lowest BCUT2D eigenvalue weighted by Gasteiger charge is -2.35. The van der Waals surface area contributed by atoms with Crippen LogP contribution >= 0.6 is 11.3 Å². The zero-order chi connectivity index (χ0) is 16.7. The Morgan fingerprint density at radius 1 is 1.21 bits per heavy atom. The SMILES string of the molecule is Cc1nc(N2CCC(C)C(O)C2)c2cc(-c3ccccc3)sc2n1. The topological polar surface area (TPSA) is 49.2 Å². The first-order valence-electron chi connectivity index (χ1n) is 8.38. The molecule has 3 heterocycles. The third-order valence-electron chi connectivity index (χ3n) is 4.76. The predicted molar refractivity (Wildman–Crippen MR) is 99.6 cm³/mol. The molecule has 1 fully saturated rings. The van der Waals surface area contributed by atoms with E-state index in [1.54, 1.807) is 11.3 Å². The molecular weight excluding hydrogens is 318 g/mol. The summed E-state index contributed by atoms with van der Waals surface area (Å²) in [6.07, 6.45) is 0.692. The number of aliphatic hydroxyl groups is 1. The van der Waals surface area contributed by atoms with Gasteiger partial charge < -0.3 is 10.0 Å². The van der Waals surface area contributed by atoms with Crippen LogP contribution in [0.25, 0.3) is 20.7 Å². The number of nitrogens with zero attached hydrogens (tertiary/aromatic N) is 3. The zero-order valence-corrected chi connectivity index (χ0v) is 14.8. The molecule has 4 nitrogen and oxygen atoms in total. The molecule has 0 aliphatic carbocycles. The van der Waals surface area contributed by atoms with Crippen molar-refractivity contribution in [2.24, 2.45) is 5.92 Å². The number of piperidine rings is 1. The number of aromatic nitrogens is 2. The number of thiophene rings is 1. The maximum absolute atomic E-state index is 10.3. The minimum absolute atomic E-state index is 0.295. The van der Waals surface area contributed by atoms with Gasteiger partial charge in [0.15, 0.2) is 0 Å². The third kappa shape index (κ3) is 2.78. The van der Waals surface area contributed by atoms with Crippen LogP contribution in [0.5, 0.6) is 0 Å². The summed E-state index contributed by atoms with van der Waals surface area (Å²) in [6.45, 7) is 5.62. The number of aryl methyl sites for hydroxylation is 1. The van der Waals surface area contributed by atoms with Gasteiger partial charge in [0.25, 0.3) is 0 Å². The van der Waals surface area contributed by atoms with E-state index in [1.807, 2.05) is 13.0 Å². The molecule has 2 unspecified atom stereocenters. The van der Waals surface area contributed by atoms with Crippen LogP contribution in [0.3, 0.4) is 0 Å². The monoisotopic (exact) mass is 339 g/mol. The number of fused-ring (bicyclic) bond motifs is 1. The molecule has 0 spiro atoms. The third-order valence-corrected chi connectivity index (χ3v) is 5.84. The van der Waals surface area contributed by atoms with Crippen molar-refractivity contribution >= 4 is 27.4 Å². The van der Waals surface area contributed by atoms with Crippen molar-refractivity contribution in [3.05, 3.63) is 42.2 Å². The van der Waals surface area contributed by atoms with Gasteiger partial charge in [-0.3, -0.25) is 0 Å². The van der Waals surface area contributed by atoms with Gasteiger partial charge in [-0.2, -0.15) is 0 Å². The van der Waals surface area contributed by atoms with Crippen LogP contribution in [-0.2, 0) is 0 Å². The Morgan fingerprint density at radius 2 is 2.00 bits per heavy atom. The Bertz CT molecular complexity index is 862. The van der Waals surface area contributed by atoms with Gasteiger partial charge in [0, 0.05) is 18.0 Å². The molecule has 0 bridgehead atoms. The van der Waals surface area contributed by atoms with Gasteiger partial charge in [0.1, 0.15) is 16.5 Å². The predicted octanol–water partition coefficient (Wildman–Crippen LogP) is 3.87. The average Bonchev–Trinajstić information content (AvgIpc) is 3.01. The molecule has 124 valence electrons. The molecule has 4 rings (SSSR count). The van der Waals surface area contributed by atoms with E-state index in [2.05, 4.69) is 47.1 Å². The fourth-order valence-electron chi connectivity index (χ4n) is 3.24.